The van der Waals surface area contributed by atoms with E-state index in [0.717, 1.165) is 12.0 Å². The Morgan fingerprint density at radius 2 is 1.74 bits per heavy atom. The van der Waals surface area contributed by atoms with Gasteiger partial charge in [-0.2, -0.15) is 0 Å². The number of nitrogens with one attached hydrogen (secondary N) is 3. The van der Waals surface area contributed by atoms with Gasteiger partial charge in [0.25, 0.3) is 11.5 Å². The zero-order chi connectivity index (χ0) is 21.6. The molecule has 0 unspecified atom stereocenters. The Morgan fingerprint density at radius 3 is 2.48 bits per heavy atom. The Morgan fingerprint density at radius 1 is 1.00 bits per heavy atom. The fourth-order valence-electron chi connectivity index (χ4n) is 3.16. The molecule has 2 aromatic heterocycles. The molecule has 4 aromatic rings. The van der Waals surface area contributed by atoms with Crippen LogP contribution in [0.25, 0.3) is 11.3 Å². The second kappa shape index (κ2) is 9.04. The van der Waals surface area contributed by atoms with Crippen LogP contribution in [0.15, 0.2) is 83.9 Å². The molecular weight excluding hydrogens is 390 g/mol. The Kier molecular flexibility index (Phi) is 5.84. The van der Waals surface area contributed by atoms with Gasteiger partial charge in [0.05, 0.1) is 5.69 Å². The van der Waals surface area contributed by atoms with Crippen molar-refractivity contribution in [2.24, 2.45) is 0 Å². The molecule has 2 heterocycles. The highest BCUT2D eigenvalue weighted by atomic mass is 16.2. The quantitative estimate of drug-likeness (QED) is 0.449. The first-order chi connectivity index (χ1) is 15.1. The van der Waals surface area contributed by atoms with E-state index >= 15 is 0 Å². The lowest BCUT2D eigenvalue weighted by Gasteiger charge is -2.08. The number of anilines is 2. The number of hydrogen-bond acceptors (Lipinski definition) is 5. The number of pyridine rings is 1. The van der Waals surface area contributed by atoms with Gasteiger partial charge in [0.2, 0.25) is 5.95 Å². The zero-order valence-electron chi connectivity index (χ0n) is 16.9. The molecule has 31 heavy (non-hydrogen) atoms. The largest absolute Gasteiger partial charge is 0.357 e. The zero-order valence-corrected chi connectivity index (χ0v) is 16.9. The average molecular weight is 411 g/mol. The van der Waals surface area contributed by atoms with Gasteiger partial charge in [0.1, 0.15) is 5.69 Å². The highest BCUT2D eigenvalue weighted by Crippen LogP contribution is 2.19. The molecule has 3 N–H and O–H groups in total. The Bertz CT molecular complexity index is 1250. The topological polar surface area (TPSA) is 99.8 Å². The summed E-state index contributed by atoms with van der Waals surface area (Å²) in [5.41, 5.74) is 3.83. The Hall–Kier alpha value is -4.26. The van der Waals surface area contributed by atoms with Gasteiger partial charge in [-0.3, -0.25) is 9.59 Å². The maximum atomic E-state index is 12.7. The minimum atomic E-state index is -0.388. The van der Waals surface area contributed by atoms with E-state index in [1.807, 2.05) is 30.3 Å². The van der Waals surface area contributed by atoms with Crippen molar-refractivity contribution in [1.29, 1.82) is 0 Å². The van der Waals surface area contributed by atoms with Gasteiger partial charge in [0.15, 0.2) is 0 Å². The van der Waals surface area contributed by atoms with E-state index in [-0.39, 0.29) is 17.2 Å². The maximum Gasteiger partial charge on any atom is 0.271 e. The van der Waals surface area contributed by atoms with E-state index in [1.165, 1.54) is 5.56 Å². The third-order valence-electron chi connectivity index (χ3n) is 4.79. The second-order valence-electron chi connectivity index (χ2n) is 6.96. The minimum Gasteiger partial charge on any atom is -0.357 e. The van der Waals surface area contributed by atoms with Crippen LogP contribution >= 0.6 is 0 Å². The fraction of sp³-hybridized carbons (Fsp3) is 0.0833. The summed E-state index contributed by atoms with van der Waals surface area (Å²) in [7, 11) is 1.72. The summed E-state index contributed by atoms with van der Waals surface area (Å²) in [5, 5.41) is 5.57. The number of carbonyl (C=O) groups excluding carboxylic acids is 1. The molecule has 1 amide bonds. The standard InChI is InChI=1S/C24H21N5O2/c1-25-24-26-12-11-20(29-24)19-14-21(23(31)27-15-19)28-22(30)18-9-7-17(8-10-18)13-16-5-3-2-4-6-16/h2-12,14-15H,13H2,1H3,(H,27,31)(H,28,30)(H,25,26,29). The molecule has 7 heteroatoms. The molecule has 2 aromatic carbocycles. The van der Waals surface area contributed by atoms with Gasteiger partial charge >= 0.3 is 0 Å². The first-order valence-corrected chi connectivity index (χ1v) is 9.80. The summed E-state index contributed by atoms with van der Waals surface area (Å²) < 4.78 is 0. The van der Waals surface area contributed by atoms with Crippen LogP contribution in [-0.4, -0.2) is 27.9 Å². The van der Waals surface area contributed by atoms with Crippen LogP contribution in [0.4, 0.5) is 11.6 Å². The van der Waals surface area contributed by atoms with Gasteiger partial charge < -0.3 is 15.6 Å². The molecule has 4 rings (SSSR count). The van der Waals surface area contributed by atoms with Crippen LogP contribution in [0.5, 0.6) is 0 Å². The number of nitrogens with zero attached hydrogens (tertiary/aromatic N) is 2. The summed E-state index contributed by atoms with van der Waals surface area (Å²) in [6, 6.07) is 20.8. The molecule has 154 valence electrons. The molecule has 0 saturated heterocycles. The monoisotopic (exact) mass is 411 g/mol. The van der Waals surface area contributed by atoms with Crippen molar-refractivity contribution in [3.05, 3.63) is 106 Å². The molecule has 0 radical (unpaired) electrons. The summed E-state index contributed by atoms with van der Waals surface area (Å²) in [4.78, 5) is 36.0. The van der Waals surface area contributed by atoms with Crippen molar-refractivity contribution in [3.63, 3.8) is 0 Å². The van der Waals surface area contributed by atoms with Crippen molar-refractivity contribution in [3.8, 4) is 11.3 Å². The third-order valence-corrected chi connectivity index (χ3v) is 4.79. The van der Waals surface area contributed by atoms with Gasteiger partial charge in [-0.05, 0) is 41.8 Å². The molecule has 0 aliphatic heterocycles. The predicted octanol–water partition coefficient (Wildman–Crippen LogP) is 3.72. The van der Waals surface area contributed by atoms with Crippen molar-refractivity contribution < 1.29 is 4.79 Å². The lowest BCUT2D eigenvalue weighted by Crippen LogP contribution is -2.19. The lowest BCUT2D eigenvalue weighted by atomic mass is 10.0. The van der Waals surface area contributed by atoms with Gasteiger partial charge in [-0.25, -0.2) is 9.97 Å². The van der Waals surface area contributed by atoms with Crippen LogP contribution in [0, 0.1) is 0 Å². The van der Waals surface area contributed by atoms with Crippen LogP contribution in [0.3, 0.4) is 0 Å². The highest BCUT2D eigenvalue weighted by molar-refractivity contribution is 6.04. The smallest absolute Gasteiger partial charge is 0.271 e. The molecule has 0 aliphatic rings. The molecule has 0 bridgehead atoms. The SMILES string of the molecule is CNc1nccc(-c2c[nH]c(=O)c(NC(=O)c3ccc(Cc4ccccc4)cc3)c2)n1. The number of rotatable bonds is 6. The van der Waals surface area contributed by atoms with Crippen molar-refractivity contribution in [1.82, 2.24) is 15.0 Å². The van der Waals surface area contributed by atoms with E-state index in [4.69, 9.17) is 0 Å². The summed E-state index contributed by atoms with van der Waals surface area (Å²) in [6.45, 7) is 0. The van der Waals surface area contributed by atoms with Crippen LogP contribution in [0.2, 0.25) is 0 Å². The van der Waals surface area contributed by atoms with Crippen molar-refractivity contribution >= 4 is 17.5 Å². The average Bonchev–Trinajstić information content (AvgIpc) is 2.81. The summed E-state index contributed by atoms with van der Waals surface area (Å²) in [5.74, 6) is 0.109. The summed E-state index contributed by atoms with van der Waals surface area (Å²) in [6.07, 6.45) is 3.96. The van der Waals surface area contributed by atoms with Gasteiger partial charge in [-0.1, -0.05) is 42.5 Å². The van der Waals surface area contributed by atoms with Crippen LogP contribution < -0.4 is 16.2 Å². The van der Waals surface area contributed by atoms with E-state index in [1.54, 1.807) is 43.7 Å². The molecular formula is C24H21N5O2. The van der Waals surface area contributed by atoms with Crippen molar-refractivity contribution in [2.45, 2.75) is 6.42 Å². The number of H-pyrrole nitrogens is 1. The fourth-order valence-corrected chi connectivity index (χ4v) is 3.16. The van der Waals surface area contributed by atoms with Gasteiger partial charge in [-0.15, -0.1) is 0 Å². The number of aromatic amines is 1. The Labute approximate surface area is 179 Å². The first kappa shape index (κ1) is 20.0. The van der Waals surface area contributed by atoms with E-state index in [0.29, 0.717) is 22.8 Å². The van der Waals surface area contributed by atoms with Crippen LogP contribution in [0.1, 0.15) is 21.5 Å². The number of aromatic nitrogens is 3. The number of amides is 1. The van der Waals surface area contributed by atoms with Crippen LogP contribution in [-0.2, 0) is 6.42 Å². The van der Waals surface area contributed by atoms with E-state index in [9.17, 15) is 9.59 Å². The molecule has 7 nitrogen and oxygen atoms in total. The maximum absolute atomic E-state index is 12.7. The third kappa shape index (κ3) is 4.84. The molecule has 0 spiro atoms. The molecule has 0 atom stereocenters. The normalized spacial score (nSPS) is 10.5. The predicted molar refractivity (Wildman–Crippen MR) is 121 cm³/mol. The molecule has 0 aliphatic carbocycles. The second-order valence-corrected chi connectivity index (χ2v) is 6.96. The molecule has 0 saturated carbocycles. The summed E-state index contributed by atoms with van der Waals surface area (Å²) >= 11 is 0. The van der Waals surface area contributed by atoms with E-state index < -0.39 is 0 Å². The highest BCUT2D eigenvalue weighted by Gasteiger charge is 2.11. The number of hydrogen-bond donors (Lipinski definition) is 3. The minimum absolute atomic E-state index is 0.153. The number of benzene rings is 2. The first-order valence-electron chi connectivity index (χ1n) is 9.80. The molecule has 0 fully saturated rings. The van der Waals surface area contributed by atoms with E-state index in [2.05, 4.69) is 37.7 Å². The van der Waals surface area contributed by atoms with Crippen molar-refractivity contribution in [2.75, 3.05) is 17.7 Å². The van der Waals surface area contributed by atoms with Gasteiger partial charge in [0, 0.05) is 30.6 Å². The Balaban J connectivity index is 1.51. The number of carbonyl (C=O) groups is 1. The lowest BCUT2D eigenvalue weighted by molar-refractivity contribution is 0.102.